The van der Waals surface area contributed by atoms with E-state index in [1.54, 1.807) is 0 Å². The number of hydrogen-bond donors (Lipinski definition) is 0. The molecule has 0 saturated heterocycles. The highest BCUT2D eigenvalue weighted by Gasteiger charge is 2.07. The zero-order valence-corrected chi connectivity index (χ0v) is 9.49. The van der Waals surface area contributed by atoms with Crippen LogP contribution in [0, 0.1) is 13.8 Å². The van der Waals surface area contributed by atoms with Crippen LogP contribution >= 0.6 is 38.6 Å². The smallest absolute Gasteiger partial charge is 0.0748 e. The zero-order valence-electron chi connectivity index (χ0n) is 6.27. The lowest BCUT2D eigenvalue weighted by atomic mass is 10.3. The molecule has 0 aliphatic rings. The van der Waals surface area contributed by atoms with E-state index in [4.69, 9.17) is 0 Å². The van der Waals surface area contributed by atoms with Gasteiger partial charge in [0.05, 0.1) is 3.79 Å². The normalized spacial score (nSPS) is 11.2. The van der Waals surface area contributed by atoms with Crippen molar-refractivity contribution in [3.8, 4) is 0 Å². The first-order chi connectivity index (χ1) is 5.18. The van der Waals surface area contributed by atoms with Gasteiger partial charge in [0.15, 0.2) is 0 Å². The largest absolute Gasteiger partial charge is 0.139 e. The number of thiophene rings is 2. The molecule has 0 radical (unpaired) electrons. The first-order valence-electron chi connectivity index (χ1n) is 3.33. The summed E-state index contributed by atoms with van der Waals surface area (Å²) in [4.78, 5) is 1.40. The Labute approximate surface area is 82.0 Å². The van der Waals surface area contributed by atoms with Crippen LogP contribution in [0.2, 0.25) is 0 Å². The monoisotopic (exact) mass is 246 g/mol. The Hall–Kier alpha value is 0.140. The van der Waals surface area contributed by atoms with Crippen LogP contribution in [0.25, 0.3) is 9.40 Å². The molecule has 0 unspecified atom stereocenters. The molecule has 11 heavy (non-hydrogen) atoms. The minimum Gasteiger partial charge on any atom is -0.139 e. The van der Waals surface area contributed by atoms with E-state index in [9.17, 15) is 0 Å². The Morgan fingerprint density at radius 3 is 2.64 bits per heavy atom. The Morgan fingerprint density at radius 2 is 2.00 bits per heavy atom. The van der Waals surface area contributed by atoms with Crippen molar-refractivity contribution in [1.82, 2.24) is 0 Å². The summed E-state index contributed by atoms with van der Waals surface area (Å²) in [6.45, 7) is 4.32. The highest BCUT2D eigenvalue weighted by atomic mass is 79.9. The SMILES string of the molecule is Cc1cc2sc(Br)c(C)c2s1. The molecule has 2 aromatic heterocycles. The maximum atomic E-state index is 3.54. The van der Waals surface area contributed by atoms with Crippen molar-refractivity contribution in [1.29, 1.82) is 0 Å². The van der Waals surface area contributed by atoms with Gasteiger partial charge in [-0.15, -0.1) is 22.7 Å². The summed E-state index contributed by atoms with van der Waals surface area (Å²) < 4.78 is 4.13. The highest BCUT2D eigenvalue weighted by Crippen LogP contribution is 2.39. The Bertz CT molecular complexity index is 397. The van der Waals surface area contributed by atoms with Crippen LogP contribution in [-0.4, -0.2) is 0 Å². The lowest BCUT2D eigenvalue weighted by molar-refractivity contribution is 1.59. The van der Waals surface area contributed by atoms with Gasteiger partial charge in [0.2, 0.25) is 0 Å². The Kier molecular flexibility index (Phi) is 1.82. The van der Waals surface area contributed by atoms with Crippen molar-refractivity contribution in [2.24, 2.45) is 0 Å². The summed E-state index contributed by atoms with van der Waals surface area (Å²) in [6, 6.07) is 2.25. The van der Waals surface area contributed by atoms with E-state index in [1.165, 1.54) is 23.6 Å². The molecule has 0 spiro atoms. The van der Waals surface area contributed by atoms with E-state index in [2.05, 4.69) is 35.8 Å². The van der Waals surface area contributed by atoms with Gasteiger partial charge in [-0.2, -0.15) is 0 Å². The second-order valence-electron chi connectivity index (χ2n) is 2.55. The molecule has 0 aliphatic carbocycles. The first-order valence-corrected chi connectivity index (χ1v) is 5.76. The van der Waals surface area contributed by atoms with Crippen molar-refractivity contribution in [2.45, 2.75) is 13.8 Å². The standard InChI is InChI=1S/C8H7BrS2/c1-4-3-6-7(10-4)5(2)8(9)11-6/h3H,1-2H3. The summed E-state index contributed by atoms with van der Waals surface area (Å²) in [5, 5.41) is 0. The molecule has 0 aliphatic heterocycles. The topological polar surface area (TPSA) is 0 Å². The van der Waals surface area contributed by atoms with E-state index < -0.39 is 0 Å². The number of hydrogen-bond acceptors (Lipinski definition) is 2. The molecule has 0 saturated carbocycles. The van der Waals surface area contributed by atoms with Crippen molar-refractivity contribution < 1.29 is 0 Å². The molecular weight excluding hydrogens is 240 g/mol. The maximum Gasteiger partial charge on any atom is 0.0748 e. The van der Waals surface area contributed by atoms with Gasteiger partial charge < -0.3 is 0 Å². The molecule has 0 nitrogen and oxygen atoms in total. The van der Waals surface area contributed by atoms with Crippen LogP contribution in [0.5, 0.6) is 0 Å². The van der Waals surface area contributed by atoms with Crippen LogP contribution in [0.3, 0.4) is 0 Å². The molecule has 2 aromatic rings. The quantitative estimate of drug-likeness (QED) is 0.649. The fourth-order valence-corrected chi connectivity index (χ4v) is 4.18. The van der Waals surface area contributed by atoms with Crippen molar-refractivity contribution in [3.05, 3.63) is 20.3 Å². The lowest BCUT2D eigenvalue weighted by Gasteiger charge is -1.83. The molecule has 0 N–H and O–H groups in total. The van der Waals surface area contributed by atoms with Gasteiger partial charge in [-0.25, -0.2) is 0 Å². The van der Waals surface area contributed by atoms with Gasteiger partial charge in [-0.05, 0) is 41.4 Å². The molecule has 0 fully saturated rings. The van der Waals surface area contributed by atoms with Gasteiger partial charge >= 0.3 is 0 Å². The van der Waals surface area contributed by atoms with Crippen LogP contribution in [-0.2, 0) is 0 Å². The highest BCUT2D eigenvalue weighted by molar-refractivity contribution is 9.11. The second kappa shape index (κ2) is 2.57. The van der Waals surface area contributed by atoms with Gasteiger partial charge in [-0.3, -0.25) is 0 Å². The van der Waals surface area contributed by atoms with Gasteiger partial charge in [-0.1, -0.05) is 0 Å². The number of halogens is 1. The van der Waals surface area contributed by atoms with Gasteiger partial charge in [0.25, 0.3) is 0 Å². The summed E-state index contributed by atoms with van der Waals surface area (Å²) in [6.07, 6.45) is 0. The number of fused-ring (bicyclic) bond motifs is 1. The minimum atomic E-state index is 1.28. The predicted octanol–water partition coefficient (Wildman–Crippen LogP) is 4.34. The lowest BCUT2D eigenvalue weighted by Crippen LogP contribution is -1.59. The third kappa shape index (κ3) is 1.15. The summed E-state index contributed by atoms with van der Waals surface area (Å²) in [7, 11) is 0. The fraction of sp³-hybridized carbons (Fsp3) is 0.250. The third-order valence-electron chi connectivity index (χ3n) is 1.66. The number of rotatable bonds is 0. The van der Waals surface area contributed by atoms with E-state index >= 15 is 0 Å². The molecule has 0 atom stereocenters. The van der Waals surface area contributed by atoms with Crippen molar-refractivity contribution >= 4 is 48.0 Å². The molecule has 0 amide bonds. The van der Waals surface area contributed by atoms with E-state index in [0.29, 0.717) is 0 Å². The molecule has 2 heterocycles. The molecular formula is C8H7BrS2. The van der Waals surface area contributed by atoms with E-state index in [1.807, 2.05) is 22.7 Å². The molecule has 3 heteroatoms. The second-order valence-corrected chi connectivity index (χ2v) is 6.18. The average molecular weight is 247 g/mol. The van der Waals surface area contributed by atoms with Crippen LogP contribution in [0.15, 0.2) is 9.85 Å². The zero-order chi connectivity index (χ0) is 8.01. The molecule has 0 aromatic carbocycles. The maximum absolute atomic E-state index is 3.54. The molecule has 58 valence electrons. The van der Waals surface area contributed by atoms with Crippen molar-refractivity contribution in [2.75, 3.05) is 0 Å². The first kappa shape index (κ1) is 7.77. The Balaban J connectivity index is 2.88. The number of aryl methyl sites for hydroxylation is 2. The fourth-order valence-electron chi connectivity index (χ4n) is 1.09. The summed E-state index contributed by atoms with van der Waals surface area (Å²) in [5.74, 6) is 0. The summed E-state index contributed by atoms with van der Waals surface area (Å²) in [5.41, 5.74) is 1.39. The van der Waals surface area contributed by atoms with E-state index in [0.717, 1.165) is 0 Å². The molecule has 2 rings (SSSR count). The molecule has 0 bridgehead atoms. The van der Waals surface area contributed by atoms with Crippen molar-refractivity contribution in [3.63, 3.8) is 0 Å². The predicted molar refractivity (Wildman–Crippen MR) is 56.9 cm³/mol. The summed E-state index contributed by atoms with van der Waals surface area (Å²) >= 11 is 7.24. The Morgan fingerprint density at radius 1 is 1.27 bits per heavy atom. The third-order valence-corrected chi connectivity index (χ3v) is 5.06. The van der Waals surface area contributed by atoms with Crippen LogP contribution in [0.1, 0.15) is 10.4 Å². The van der Waals surface area contributed by atoms with Crippen LogP contribution in [0.4, 0.5) is 0 Å². The minimum absolute atomic E-state index is 1.28. The van der Waals surface area contributed by atoms with E-state index in [-0.39, 0.29) is 0 Å². The van der Waals surface area contributed by atoms with Gasteiger partial charge in [0.1, 0.15) is 0 Å². The average Bonchev–Trinajstić information content (AvgIpc) is 2.37. The van der Waals surface area contributed by atoms with Crippen LogP contribution < -0.4 is 0 Å². The van der Waals surface area contributed by atoms with Gasteiger partial charge in [0, 0.05) is 14.3 Å².